The van der Waals surface area contributed by atoms with Gasteiger partial charge in [-0.1, -0.05) is 40.2 Å². The fraction of sp³-hybridized carbons (Fsp3) is 0.588. The summed E-state index contributed by atoms with van der Waals surface area (Å²) in [5.74, 6) is 0.633. The van der Waals surface area contributed by atoms with Crippen LogP contribution in [0, 0.1) is 17.2 Å². The summed E-state index contributed by atoms with van der Waals surface area (Å²) in [6, 6.07) is 8.95. The van der Waals surface area contributed by atoms with Crippen LogP contribution in [0.3, 0.4) is 0 Å². The number of benzene rings is 1. The van der Waals surface area contributed by atoms with E-state index in [2.05, 4.69) is 63.2 Å². The van der Waals surface area contributed by atoms with Crippen molar-refractivity contribution in [3.05, 3.63) is 29.3 Å². The van der Waals surface area contributed by atoms with E-state index in [4.69, 9.17) is 0 Å². The van der Waals surface area contributed by atoms with E-state index in [0.717, 1.165) is 36.3 Å². The Morgan fingerprint density at radius 3 is 2.55 bits per heavy atom. The van der Waals surface area contributed by atoms with E-state index in [-0.39, 0.29) is 0 Å². The zero-order valence-corrected chi connectivity index (χ0v) is 13.4. The summed E-state index contributed by atoms with van der Waals surface area (Å²) < 4.78 is 0. The fourth-order valence-corrected chi connectivity index (χ4v) is 2.13. The molecule has 1 rings (SSSR count). The van der Waals surface area contributed by atoms with Crippen molar-refractivity contribution >= 4 is 5.69 Å². The number of nitrogens with one attached hydrogen (secondary N) is 1. The molecular formula is C17H27N3. The van der Waals surface area contributed by atoms with Crippen LogP contribution in [-0.2, 0) is 6.54 Å². The third kappa shape index (κ3) is 4.86. The van der Waals surface area contributed by atoms with Crippen molar-refractivity contribution in [2.75, 3.05) is 18.5 Å². The molecule has 3 nitrogen and oxygen atoms in total. The van der Waals surface area contributed by atoms with Gasteiger partial charge in [-0.15, -0.1) is 0 Å². The fourth-order valence-electron chi connectivity index (χ4n) is 2.13. The minimum atomic E-state index is 0.452. The summed E-state index contributed by atoms with van der Waals surface area (Å²) in [5.41, 5.74) is 2.95. The van der Waals surface area contributed by atoms with E-state index >= 15 is 0 Å². The van der Waals surface area contributed by atoms with Crippen molar-refractivity contribution in [1.82, 2.24) is 5.32 Å². The van der Waals surface area contributed by atoms with Crippen molar-refractivity contribution < 1.29 is 0 Å². The van der Waals surface area contributed by atoms with Gasteiger partial charge in [-0.05, 0) is 23.6 Å². The smallest absolute Gasteiger partial charge is 0.101 e. The van der Waals surface area contributed by atoms with E-state index in [1.807, 2.05) is 6.07 Å². The number of nitrogens with zero attached hydrogens (tertiary/aromatic N) is 2. The van der Waals surface area contributed by atoms with Gasteiger partial charge in [0.15, 0.2) is 0 Å². The molecule has 1 aromatic carbocycles. The van der Waals surface area contributed by atoms with Crippen molar-refractivity contribution in [1.29, 1.82) is 5.26 Å². The summed E-state index contributed by atoms with van der Waals surface area (Å²) in [4.78, 5) is 2.19. The van der Waals surface area contributed by atoms with Crippen LogP contribution in [0.25, 0.3) is 0 Å². The highest BCUT2D eigenvalue weighted by molar-refractivity contribution is 5.60. The minimum Gasteiger partial charge on any atom is -0.373 e. The summed E-state index contributed by atoms with van der Waals surface area (Å²) >= 11 is 0. The van der Waals surface area contributed by atoms with Crippen LogP contribution in [0.5, 0.6) is 0 Å². The molecule has 0 radical (unpaired) electrons. The molecule has 0 aliphatic carbocycles. The lowest BCUT2D eigenvalue weighted by molar-refractivity contribution is 0.559. The van der Waals surface area contributed by atoms with Gasteiger partial charge >= 0.3 is 0 Å². The van der Waals surface area contributed by atoms with Crippen LogP contribution >= 0.6 is 0 Å². The first kappa shape index (κ1) is 16.5. The van der Waals surface area contributed by atoms with E-state index < -0.39 is 0 Å². The van der Waals surface area contributed by atoms with Crippen molar-refractivity contribution in [2.45, 2.75) is 46.7 Å². The Morgan fingerprint density at radius 2 is 2.00 bits per heavy atom. The van der Waals surface area contributed by atoms with Crippen LogP contribution in [0.1, 0.15) is 45.2 Å². The maximum atomic E-state index is 9.36. The lowest BCUT2D eigenvalue weighted by atomic mass is 10.1. The van der Waals surface area contributed by atoms with E-state index in [0.29, 0.717) is 12.0 Å². The predicted octanol–water partition coefficient (Wildman–Crippen LogP) is 3.54. The Labute approximate surface area is 123 Å². The molecule has 0 fully saturated rings. The average molecular weight is 273 g/mol. The Hall–Kier alpha value is -1.53. The highest BCUT2D eigenvalue weighted by atomic mass is 15.1. The lowest BCUT2D eigenvalue weighted by Crippen LogP contribution is -2.25. The van der Waals surface area contributed by atoms with Crippen LogP contribution in [0.15, 0.2) is 18.2 Å². The Morgan fingerprint density at radius 1 is 1.30 bits per heavy atom. The molecule has 0 heterocycles. The summed E-state index contributed by atoms with van der Waals surface area (Å²) in [7, 11) is 2.06. The third-order valence-corrected chi connectivity index (χ3v) is 3.59. The van der Waals surface area contributed by atoms with E-state index in [9.17, 15) is 5.26 Å². The van der Waals surface area contributed by atoms with Gasteiger partial charge in [-0.25, -0.2) is 0 Å². The highest BCUT2D eigenvalue weighted by Gasteiger charge is 2.11. The van der Waals surface area contributed by atoms with Crippen LogP contribution in [0.4, 0.5) is 5.69 Å². The molecule has 110 valence electrons. The summed E-state index contributed by atoms with van der Waals surface area (Å²) in [5, 5.41) is 12.7. The summed E-state index contributed by atoms with van der Waals surface area (Å²) in [6.45, 7) is 10.5. The monoisotopic (exact) mass is 273 g/mol. The van der Waals surface area contributed by atoms with Gasteiger partial charge in [0.2, 0.25) is 0 Å². The first-order valence-corrected chi connectivity index (χ1v) is 7.45. The molecule has 3 heteroatoms. The van der Waals surface area contributed by atoms with Crippen molar-refractivity contribution in [3.63, 3.8) is 0 Å². The first-order valence-electron chi connectivity index (χ1n) is 7.45. The molecule has 1 atom stereocenters. The van der Waals surface area contributed by atoms with Gasteiger partial charge in [0.1, 0.15) is 6.07 Å². The molecule has 0 aliphatic rings. The van der Waals surface area contributed by atoms with Crippen LogP contribution in [-0.4, -0.2) is 19.6 Å². The summed E-state index contributed by atoms with van der Waals surface area (Å²) in [6.07, 6.45) is 1.16. The number of nitriles is 1. The molecule has 0 bridgehead atoms. The SMILES string of the molecule is CCC(C)CN(C)c1ccc(CNC(C)C)cc1C#N. The molecule has 0 aliphatic heterocycles. The molecule has 20 heavy (non-hydrogen) atoms. The van der Waals surface area contributed by atoms with Gasteiger partial charge in [0.25, 0.3) is 0 Å². The second-order valence-corrected chi connectivity index (χ2v) is 5.89. The zero-order valence-electron chi connectivity index (χ0n) is 13.4. The second kappa shape index (κ2) is 7.91. The van der Waals surface area contributed by atoms with Crippen LogP contribution < -0.4 is 10.2 Å². The zero-order chi connectivity index (χ0) is 15.1. The topological polar surface area (TPSA) is 39.1 Å². The van der Waals surface area contributed by atoms with Gasteiger partial charge in [-0.2, -0.15) is 5.26 Å². The standard InChI is InChI=1S/C17H27N3/c1-6-14(4)12-20(5)17-8-7-15(9-16(17)10-18)11-19-13(2)3/h7-9,13-14,19H,6,11-12H2,1-5H3. The third-order valence-electron chi connectivity index (χ3n) is 3.59. The van der Waals surface area contributed by atoms with E-state index in [1.54, 1.807) is 0 Å². The molecule has 0 aromatic heterocycles. The number of hydrogen-bond donors (Lipinski definition) is 1. The molecule has 0 saturated heterocycles. The van der Waals surface area contributed by atoms with Gasteiger partial charge in [-0.3, -0.25) is 0 Å². The normalized spacial score (nSPS) is 12.2. The maximum Gasteiger partial charge on any atom is 0.101 e. The molecule has 1 N–H and O–H groups in total. The molecule has 0 amide bonds. The quantitative estimate of drug-likeness (QED) is 0.826. The van der Waals surface area contributed by atoms with Crippen molar-refractivity contribution in [2.24, 2.45) is 5.92 Å². The largest absolute Gasteiger partial charge is 0.373 e. The highest BCUT2D eigenvalue weighted by Crippen LogP contribution is 2.22. The lowest BCUT2D eigenvalue weighted by Gasteiger charge is -2.24. The maximum absolute atomic E-state index is 9.36. The molecule has 0 spiro atoms. The van der Waals surface area contributed by atoms with Gasteiger partial charge in [0, 0.05) is 26.2 Å². The molecule has 1 aromatic rings. The Kier molecular flexibility index (Phi) is 6.54. The number of hydrogen-bond acceptors (Lipinski definition) is 3. The van der Waals surface area contributed by atoms with Crippen LogP contribution in [0.2, 0.25) is 0 Å². The average Bonchev–Trinajstić information content (AvgIpc) is 2.44. The predicted molar refractivity (Wildman–Crippen MR) is 85.9 cm³/mol. The van der Waals surface area contributed by atoms with Gasteiger partial charge in [0.05, 0.1) is 11.3 Å². The van der Waals surface area contributed by atoms with Crippen molar-refractivity contribution in [3.8, 4) is 6.07 Å². The Balaban J connectivity index is 2.85. The Bertz CT molecular complexity index is 460. The first-order chi connectivity index (χ1) is 9.47. The number of rotatable bonds is 7. The molecular weight excluding hydrogens is 246 g/mol. The van der Waals surface area contributed by atoms with Gasteiger partial charge < -0.3 is 10.2 Å². The number of anilines is 1. The van der Waals surface area contributed by atoms with E-state index in [1.165, 1.54) is 0 Å². The second-order valence-electron chi connectivity index (χ2n) is 5.89. The minimum absolute atomic E-state index is 0.452. The molecule has 0 saturated carbocycles. The molecule has 1 unspecified atom stereocenters.